The second-order valence-corrected chi connectivity index (χ2v) is 8.93. The first kappa shape index (κ1) is 19.5. The molecule has 0 bridgehead atoms. The molecule has 120 valence electrons. The summed E-state index contributed by atoms with van der Waals surface area (Å²) in [5, 5.41) is 3.03. The fourth-order valence-corrected chi connectivity index (χ4v) is 2.04. The predicted octanol–water partition coefficient (Wildman–Crippen LogP) is 5.03. The summed E-state index contributed by atoms with van der Waals surface area (Å²) >= 11 is 0. The summed E-state index contributed by atoms with van der Waals surface area (Å²) in [5.41, 5.74) is 0.583. The van der Waals surface area contributed by atoms with Gasteiger partial charge in [-0.25, -0.2) is 0 Å². The van der Waals surface area contributed by atoms with Gasteiger partial charge in [0.05, 0.1) is 0 Å². The molecule has 0 saturated carbocycles. The zero-order chi connectivity index (χ0) is 16.0. The minimum absolute atomic E-state index is 0.168. The predicted molar refractivity (Wildman–Crippen MR) is 88.7 cm³/mol. The summed E-state index contributed by atoms with van der Waals surface area (Å²) in [4.78, 5) is 11.8. The van der Waals surface area contributed by atoms with E-state index in [1.54, 1.807) is 0 Å². The topological polar surface area (TPSA) is 29.1 Å². The molecule has 0 rings (SSSR count). The normalized spacial score (nSPS) is 15.8. The lowest BCUT2D eigenvalue weighted by Crippen LogP contribution is -2.32. The summed E-state index contributed by atoms with van der Waals surface area (Å²) < 4.78 is 0. The van der Waals surface area contributed by atoms with Crippen molar-refractivity contribution in [3.8, 4) is 0 Å². The van der Waals surface area contributed by atoms with Gasteiger partial charge in [-0.2, -0.15) is 0 Å². The van der Waals surface area contributed by atoms with Crippen molar-refractivity contribution in [1.82, 2.24) is 5.32 Å². The molecule has 20 heavy (non-hydrogen) atoms. The van der Waals surface area contributed by atoms with Crippen LogP contribution in [0.25, 0.3) is 0 Å². The first-order chi connectivity index (χ1) is 8.91. The van der Waals surface area contributed by atoms with Crippen LogP contribution in [0.4, 0.5) is 0 Å². The molecule has 0 radical (unpaired) electrons. The van der Waals surface area contributed by atoms with Gasteiger partial charge in [0, 0.05) is 13.0 Å². The number of nitrogens with one attached hydrogen (secondary N) is 1. The molecule has 0 heterocycles. The maximum absolute atomic E-state index is 11.8. The van der Waals surface area contributed by atoms with Gasteiger partial charge in [0.1, 0.15) is 0 Å². The molecule has 0 spiro atoms. The Morgan fingerprint density at radius 2 is 1.40 bits per heavy atom. The Morgan fingerprint density at radius 3 is 1.85 bits per heavy atom. The Hall–Kier alpha value is -0.530. The first-order valence-corrected chi connectivity index (χ1v) is 8.17. The summed E-state index contributed by atoms with van der Waals surface area (Å²) in [6, 6.07) is 0. The van der Waals surface area contributed by atoms with Crippen molar-refractivity contribution in [2.75, 3.05) is 6.54 Å². The van der Waals surface area contributed by atoms with Crippen LogP contribution < -0.4 is 5.32 Å². The molecule has 1 N–H and O–H groups in total. The molecule has 1 amide bonds. The van der Waals surface area contributed by atoms with E-state index in [0.717, 1.165) is 13.0 Å². The Kier molecular flexibility index (Phi) is 7.83. The molecular weight excluding hydrogens is 246 g/mol. The maximum Gasteiger partial charge on any atom is 0.220 e. The van der Waals surface area contributed by atoms with Crippen LogP contribution in [0.2, 0.25) is 0 Å². The molecule has 0 aromatic rings. The highest BCUT2D eigenvalue weighted by Gasteiger charge is 2.18. The molecule has 2 unspecified atom stereocenters. The standard InChI is InChI=1S/C18H37NO/c1-14(15(2)11-12-17(3,4)5)9-10-16(20)19-13-18(6,7)8/h14-15H,9-13H2,1-8H3,(H,19,20). The van der Waals surface area contributed by atoms with E-state index in [9.17, 15) is 4.79 Å². The van der Waals surface area contributed by atoms with E-state index in [1.807, 2.05) is 0 Å². The van der Waals surface area contributed by atoms with E-state index in [0.29, 0.717) is 23.7 Å². The average molecular weight is 284 g/mol. The van der Waals surface area contributed by atoms with Crippen molar-refractivity contribution in [1.29, 1.82) is 0 Å². The molecule has 0 aliphatic carbocycles. The average Bonchev–Trinajstić information content (AvgIpc) is 2.28. The minimum Gasteiger partial charge on any atom is -0.356 e. The lowest BCUT2D eigenvalue weighted by molar-refractivity contribution is -0.121. The van der Waals surface area contributed by atoms with Crippen LogP contribution >= 0.6 is 0 Å². The van der Waals surface area contributed by atoms with Crippen molar-refractivity contribution in [3.63, 3.8) is 0 Å². The lowest BCUT2D eigenvalue weighted by atomic mass is 9.82. The highest BCUT2D eigenvalue weighted by Crippen LogP contribution is 2.28. The van der Waals surface area contributed by atoms with Gasteiger partial charge in [-0.15, -0.1) is 0 Å². The van der Waals surface area contributed by atoms with Crippen LogP contribution in [0.1, 0.15) is 81.1 Å². The summed E-state index contributed by atoms with van der Waals surface area (Å²) in [6.45, 7) is 18.7. The Labute approximate surface area is 127 Å². The molecule has 0 saturated heterocycles. The van der Waals surface area contributed by atoms with Gasteiger partial charge in [0.2, 0.25) is 5.91 Å². The summed E-state index contributed by atoms with van der Waals surface area (Å²) in [6.07, 6.45) is 4.18. The van der Waals surface area contributed by atoms with E-state index in [1.165, 1.54) is 12.8 Å². The smallest absolute Gasteiger partial charge is 0.220 e. The fourth-order valence-electron chi connectivity index (χ4n) is 2.04. The van der Waals surface area contributed by atoms with Gasteiger partial charge < -0.3 is 5.32 Å². The van der Waals surface area contributed by atoms with Gasteiger partial charge in [-0.3, -0.25) is 4.79 Å². The Bertz CT molecular complexity index is 283. The van der Waals surface area contributed by atoms with Crippen LogP contribution in [0.3, 0.4) is 0 Å². The van der Waals surface area contributed by atoms with Gasteiger partial charge >= 0.3 is 0 Å². The molecule has 0 aromatic carbocycles. The van der Waals surface area contributed by atoms with Crippen molar-refractivity contribution in [2.24, 2.45) is 22.7 Å². The van der Waals surface area contributed by atoms with Crippen molar-refractivity contribution >= 4 is 5.91 Å². The van der Waals surface area contributed by atoms with Crippen molar-refractivity contribution < 1.29 is 4.79 Å². The number of carbonyl (C=O) groups is 1. The minimum atomic E-state index is 0.168. The molecule has 0 aliphatic rings. The number of carbonyl (C=O) groups excluding carboxylic acids is 1. The van der Waals surface area contributed by atoms with Crippen LogP contribution in [0.15, 0.2) is 0 Å². The Morgan fingerprint density at radius 1 is 0.900 bits per heavy atom. The van der Waals surface area contributed by atoms with Gasteiger partial charge in [0.15, 0.2) is 0 Å². The SMILES string of the molecule is CC(CCC(=O)NCC(C)(C)C)C(C)CCC(C)(C)C. The number of hydrogen-bond acceptors (Lipinski definition) is 1. The third kappa shape index (κ3) is 11.3. The molecule has 2 atom stereocenters. The van der Waals surface area contributed by atoms with E-state index in [2.05, 4.69) is 60.7 Å². The molecule has 0 aromatic heterocycles. The number of amides is 1. The van der Waals surface area contributed by atoms with Crippen LogP contribution in [-0.4, -0.2) is 12.5 Å². The molecule has 0 fully saturated rings. The number of hydrogen-bond donors (Lipinski definition) is 1. The second-order valence-electron chi connectivity index (χ2n) is 8.93. The third-order valence-electron chi connectivity index (χ3n) is 3.96. The lowest BCUT2D eigenvalue weighted by Gasteiger charge is -2.25. The second kappa shape index (κ2) is 8.05. The highest BCUT2D eigenvalue weighted by atomic mass is 16.1. The zero-order valence-electron chi connectivity index (χ0n) is 15.1. The van der Waals surface area contributed by atoms with Gasteiger partial charge in [-0.1, -0.05) is 55.4 Å². The highest BCUT2D eigenvalue weighted by molar-refractivity contribution is 5.75. The third-order valence-corrected chi connectivity index (χ3v) is 3.96. The maximum atomic E-state index is 11.8. The molecule has 2 nitrogen and oxygen atoms in total. The molecular formula is C18H37NO. The zero-order valence-corrected chi connectivity index (χ0v) is 15.1. The Balaban J connectivity index is 3.91. The van der Waals surface area contributed by atoms with E-state index in [4.69, 9.17) is 0 Å². The van der Waals surface area contributed by atoms with Crippen molar-refractivity contribution in [2.45, 2.75) is 81.1 Å². The fraction of sp³-hybridized carbons (Fsp3) is 0.944. The van der Waals surface area contributed by atoms with Gasteiger partial charge in [0.25, 0.3) is 0 Å². The quantitative estimate of drug-likeness (QED) is 0.697. The summed E-state index contributed by atoms with van der Waals surface area (Å²) in [5.74, 6) is 1.53. The van der Waals surface area contributed by atoms with E-state index < -0.39 is 0 Å². The molecule has 0 aliphatic heterocycles. The van der Waals surface area contributed by atoms with E-state index in [-0.39, 0.29) is 11.3 Å². The summed E-state index contributed by atoms with van der Waals surface area (Å²) in [7, 11) is 0. The van der Waals surface area contributed by atoms with Gasteiger partial charge in [-0.05, 0) is 41.9 Å². The number of rotatable bonds is 7. The van der Waals surface area contributed by atoms with Crippen LogP contribution in [0.5, 0.6) is 0 Å². The van der Waals surface area contributed by atoms with Crippen molar-refractivity contribution in [3.05, 3.63) is 0 Å². The molecule has 2 heteroatoms. The largest absolute Gasteiger partial charge is 0.356 e. The van der Waals surface area contributed by atoms with Crippen LogP contribution in [-0.2, 0) is 4.79 Å². The van der Waals surface area contributed by atoms with Crippen LogP contribution in [0, 0.1) is 22.7 Å². The first-order valence-electron chi connectivity index (χ1n) is 8.17. The monoisotopic (exact) mass is 283 g/mol. The van der Waals surface area contributed by atoms with E-state index >= 15 is 0 Å².